The molecule has 25 heavy (non-hydrogen) atoms. The van der Waals surface area contributed by atoms with Gasteiger partial charge in [0, 0.05) is 6.42 Å². The van der Waals surface area contributed by atoms with Gasteiger partial charge < -0.3 is 37.4 Å². The molecule has 0 aliphatic rings. The number of aliphatic hydroxyl groups is 1. The Morgan fingerprint density at radius 3 is 2.00 bits per heavy atom. The van der Waals surface area contributed by atoms with Crippen molar-refractivity contribution in [2.75, 3.05) is 0 Å². The molecule has 0 unspecified atom stereocenters. The Labute approximate surface area is 142 Å². The third kappa shape index (κ3) is 8.62. The number of carbonyl (C=O) groups excluding carboxylic acids is 3. The van der Waals surface area contributed by atoms with Gasteiger partial charge in [-0.2, -0.15) is 0 Å². The summed E-state index contributed by atoms with van der Waals surface area (Å²) in [6.45, 7) is 1.16. The van der Waals surface area contributed by atoms with Crippen LogP contribution in [0.25, 0.3) is 0 Å². The largest absolute Gasteiger partial charge is 0.481 e. The van der Waals surface area contributed by atoms with Gasteiger partial charge in [0.25, 0.3) is 0 Å². The van der Waals surface area contributed by atoms with Crippen LogP contribution in [-0.2, 0) is 24.0 Å². The molecule has 12 heteroatoms. The summed E-state index contributed by atoms with van der Waals surface area (Å²) >= 11 is 0. The van der Waals surface area contributed by atoms with E-state index >= 15 is 0 Å². The summed E-state index contributed by atoms with van der Waals surface area (Å²) in [5.41, 5.74) is 10.3. The average molecular weight is 362 g/mol. The number of aliphatic carboxylic acids is 2. The van der Waals surface area contributed by atoms with Crippen LogP contribution < -0.4 is 22.1 Å². The van der Waals surface area contributed by atoms with Crippen LogP contribution in [0.4, 0.5) is 0 Å². The van der Waals surface area contributed by atoms with Crippen molar-refractivity contribution < 1.29 is 39.3 Å². The van der Waals surface area contributed by atoms with Crippen molar-refractivity contribution in [1.29, 1.82) is 0 Å². The molecule has 0 radical (unpaired) electrons. The van der Waals surface area contributed by atoms with E-state index in [4.69, 9.17) is 21.7 Å². The topological polar surface area (TPSA) is 222 Å². The smallest absolute Gasteiger partial charge is 0.326 e. The van der Waals surface area contributed by atoms with Crippen molar-refractivity contribution >= 4 is 29.7 Å². The molecule has 0 aromatic carbocycles. The van der Waals surface area contributed by atoms with E-state index in [0.717, 1.165) is 6.92 Å². The summed E-state index contributed by atoms with van der Waals surface area (Å²) < 4.78 is 0. The highest BCUT2D eigenvalue weighted by molar-refractivity contribution is 5.93. The Morgan fingerprint density at radius 2 is 1.60 bits per heavy atom. The molecule has 0 bridgehead atoms. The summed E-state index contributed by atoms with van der Waals surface area (Å²) in [6, 6.07) is -4.50. The third-order valence-corrected chi connectivity index (χ3v) is 3.09. The number of nitrogens with two attached hydrogens (primary N) is 2. The van der Waals surface area contributed by atoms with Gasteiger partial charge in [-0.25, -0.2) is 4.79 Å². The van der Waals surface area contributed by atoms with Crippen molar-refractivity contribution in [3.8, 4) is 0 Å². The van der Waals surface area contributed by atoms with Crippen LogP contribution in [0.3, 0.4) is 0 Å². The van der Waals surface area contributed by atoms with E-state index < -0.39 is 60.3 Å². The summed E-state index contributed by atoms with van der Waals surface area (Å²) in [4.78, 5) is 56.2. The Kier molecular flexibility index (Phi) is 9.09. The minimum absolute atomic E-state index is 0.282. The van der Waals surface area contributed by atoms with E-state index in [0.29, 0.717) is 0 Å². The predicted octanol–water partition coefficient (Wildman–Crippen LogP) is -3.51. The number of nitrogens with one attached hydrogen (secondary N) is 2. The Hall–Kier alpha value is -2.73. The molecule has 0 aromatic heterocycles. The van der Waals surface area contributed by atoms with E-state index in [1.165, 1.54) is 0 Å². The van der Waals surface area contributed by atoms with Crippen LogP contribution in [0.15, 0.2) is 0 Å². The first-order chi connectivity index (χ1) is 11.5. The molecule has 0 spiro atoms. The number of rotatable bonds is 11. The highest BCUT2D eigenvalue weighted by Crippen LogP contribution is 2.02. The number of carbonyl (C=O) groups is 5. The van der Waals surface area contributed by atoms with Crippen LogP contribution in [0.1, 0.15) is 26.2 Å². The van der Waals surface area contributed by atoms with Crippen LogP contribution in [0, 0.1) is 0 Å². The predicted molar refractivity (Wildman–Crippen MR) is 81.8 cm³/mol. The van der Waals surface area contributed by atoms with Gasteiger partial charge in [-0.3, -0.25) is 19.2 Å². The van der Waals surface area contributed by atoms with Crippen molar-refractivity contribution in [3.63, 3.8) is 0 Å². The highest BCUT2D eigenvalue weighted by atomic mass is 16.4. The number of hydrogen-bond acceptors (Lipinski definition) is 7. The Bertz CT molecular complexity index is 536. The molecule has 0 aliphatic carbocycles. The van der Waals surface area contributed by atoms with Gasteiger partial charge in [0.05, 0.1) is 18.6 Å². The lowest BCUT2D eigenvalue weighted by Gasteiger charge is -2.24. The van der Waals surface area contributed by atoms with Crippen molar-refractivity contribution in [1.82, 2.24) is 10.6 Å². The van der Waals surface area contributed by atoms with Crippen LogP contribution in [0.5, 0.6) is 0 Å². The van der Waals surface area contributed by atoms with E-state index in [1.54, 1.807) is 0 Å². The van der Waals surface area contributed by atoms with Crippen LogP contribution in [-0.4, -0.2) is 69.2 Å². The molecular weight excluding hydrogens is 340 g/mol. The van der Waals surface area contributed by atoms with Gasteiger partial charge >= 0.3 is 11.9 Å². The molecule has 3 amide bonds. The molecule has 0 saturated heterocycles. The first kappa shape index (κ1) is 22.3. The monoisotopic (exact) mass is 362 g/mol. The minimum Gasteiger partial charge on any atom is -0.481 e. The molecule has 9 N–H and O–H groups in total. The minimum atomic E-state index is -1.57. The van der Waals surface area contributed by atoms with Crippen LogP contribution >= 0.6 is 0 Å². The molecule has 0 aliphatic heterocycles. The SMILES string of the molecule is C[C@@H](O)[C@H](NC(=O)[C@@H](N)CC(=O)O)C(=O)N[C@@H](CCC(N)=O)C(=O)O. The number of primary amides is 1. The first-order valence-corrected chi connectivity index (χ1v) is 7.23. The summed E-state index contributed by atoms with van der Waals surface area (Å²) in [6.07, 6.45) is -2.70. The molecule has 0 saturated carbocycles. The van der Waals surface area contributed by atoms with E-state index in [1.807, 2.05) is 0 Å². The first-order valence-electron chi connectivity index (χ1n) is 7.23. The summed E-state index contributed by atoms with van der Waals surface area (Å²) in [7, 11) is 0. The number of aliphatic hydroxyl groups excluding tert-OH is 1. The second-order valence-electron chi connectivity index (χ2n) is 5.34. The number of carboxylic acid groups (broad SMARTS) is 2. The highest BCUT2D eigenvalue weighted by Gasteiger charge is 2.31. The van der Waals surface area contributed by atoms with Crippen molar-refractivity contribution in [2.45, 2.75) is 50.4 Å². The van der Waals surface area contributed by atoms with Gasteiger partial charge in [-0.1, -0.05) is 0 Å². The number of carboxylic acids is 2. The normalized spacial score (nSPS) is 15.3. The lowest BCUT2D eigenvalue weighted by Crippen LogP contribution is -2.58. The fourth-order valence-electron chi connectivity index (χ4n) is 1.75. The van der Waals surface area contributed by atoms with E-state index in [9.17, 15) is 29.1 Å². The second kappa shape index (κ2) is 10.2. The van der Waals surface area contributed by atoms with E-state index in [-0.39, 0.29) is 12.8 Å². The molecular formula is C13H22N4O8. The lowest BCUT2D eigenvalue weighted by atomic mass is 10.1. The molecule has 0 heterocycles. The van der Waals surface area contributed by atoms with Gasteiger partial charge in [0.15, 0.2) is 0 Å². The Balaban J connectivity index is 4.97. The molecule has 4 atom stereocenters. The zero-order valence-electron chi connectivity index (χ0n) is 13.5. The fraction of sp³-hybridized carbons (Fsp3) is 0.615. The molecule has 12 nitrogen and oxygen atoms in total. The maximum absolute atomic E-state index is 12.1. The third-order valence-electron chi connectivity index (χ3n) is 3.09. The quantitative estimate of drug-likeness (QED) is 0.193. The Morgan fingerprint density at radius 1 is 1.04 bits per heavy atom. The standard InChI is InChI=1S/C13H22N4O8/c1-5(18)10(17-11(22)6(14)4-9(20)21)12(23)16-7(13(24)25)2-3-8(15)19/h5-7,10,18H,2-4,14H2,1H3,(H2,15,19)(H,16,23)(H,17,22)(H,20,21)(H,24,25)/t5-,6+,7+,10+/m1/s1. The average Bonchev–Trinajstić information content (AvgIpc) is 2.46. The molecule has 142 valence electrons. The van der Waals surface area contributed by atoms with Crippen molar-refractivity contribution in [3.05, 3.63) is 0 Å². The zero-order chi connectivity index (χ0) is 19.7. The lowest BCUT2D eigenvalue weighted by molar-refractivity contribution is -0.143. The maximum atomic E-state index is 12.1. The molecule has 0 aromatic rings. The van der Waals surface area contributed by atoms with Gasteiger partial charge in [0.2, 0.25) is 17.7 Å². The maximum Gasteiger partial charge on any atom is 0.326 e. The van der Waals surface area contributed by atoms with Gasteiger partial charge in [-0.15, -0.1) is 0 Å². The van der Waals surface area contributed by atoms with Gasteiger partial charge in [-0.05, 0) is 13.3 Å². The molecule has 0 rings (SSSR count). The van der Waals surface area contributed by atoms with Crippen LogP contribution in [0.2, 0.25) is 0 Å². The zero-order valence-corrected chi connectivity index (χ0v) is 13.5. The number of amides is 3. The fourth-order valence-corrected chi connectivity index (χ4v) is 1.75. The number of hydrogen-bond donors (Lipinski definition) is 7. The van der Waals surface area contributed by atoms with Crippen molar-refractivity contribution in [2.24, 2.45) is 11.5 Å². The summed E-state index contributed by atoms with van der Waals surface area (Å²) in [5, 5.41) is 31.3. The summed E-state index contributed by atoms with van der Waals surface area (Å²) in [5.74, 6) is -5.58. The van der Waals surface area contributed by atoms with E-state index in [2.05, 4.69) is 10.6 Å². The molecule has 0 fully saturated rings. The second-order valence-corrected chi connectivity index (χ2v) is 5.34. The van der Waals surface area contributed by atoms with Gasteiger partial charge in [0.1, 0.15) is 12.1 Å².